The van der Waals surface area contributed by atoms with Crippen LogP contribution in [0.2, 0.25) is 0 Å². The van der Waals surface area contributed by atoms with E-state index in [1.807, 2.05) is 19.5 Å². The van der Waals surface area contributed by atoms with Gasteiger partial charge in [0.2, 0.25) is 5.91 Å². The Labute approximate surface area is 132 Å². The molecular weight excluding hydrogens is 302 g/mol. The van der Waals surface area contributed by atoms with Gasteiger partial charge in [0.15, 0.2) is 5.13 Å². The van der Waals surface area contributed by atoms with Crippen LogP contribution in [0.15, 0.2) is 34.5 Å². The predicted octanol–water partition coefficient (Wildman–Crippen LogP) is 3.73. The van der Waals surface area contributed by atoms with Gasteiger partial charge in [0.25, 0.3) is 0 Å². The lowest BCUT2D eigenvalue weighted by Crippen LogP contribution is -2.12. The van der Waals surface area contributed by atoms with Crippen LogP contribution < -0.4 is 5.32 Å². The number of rotatable bonds is 5. The van der Waals surface area contributed by atoms with E-state index >= 15 is 0 Å². The van der Waals surface area contributed by atoms with E-state index in [0.29, 0.717) is 5.13 Å². The van der Waals surface area contributed by atoms with Crippen LogP contribution in [0, 0.1) is 5.92 Å². The Morgan fingerprint density at radius 1 is 1.33 bits per heavy atom. The predicted molar refractivity (Wildman–Crippen MR) is 88.4 cm³/mol. The van der Waals surface area contributed by atoms with Gasteiger partial charge in [-0.2, -0.15) is 0 Å². The maximum absolute atomic E-state index is 11.7. The van der Waals surface area contributed by atoms with Crippen LogP contribution in [0.1, 0.15) is 12.8 Å². The number of carbonyl (C=O) groups is 1. The van der Waals surface area contributed by atoms with Gasteiger partial charge in [-0.1, -0.05) is 12.1 Å². The largest absolute Gasteiger partial charge is 0.302 e. The summed E-state index contributed by atoms with van der Waals surface area (Å²) in [6.45, 7) is 0. The zero-order valence-corrected chi connectivity index (χ0v) is 13.6. The molecule has 0 bridgehead atoms. The molecule has 1 saturated carbocycles. The summed E-state index contributed by atoms with van der Waals surface area (Å²) in [6.07, 6.45) is 2.02. The summed E-state index contributed by atoms with van der Waals surface area (Å²) < 4.78 is 2.06. The van der Waals surface area contributed by atoms with Crippen molar-refractivity contribution in [2.24, 2.45) is 5.92 Å². The van der Waals surface area contributed by atoms with Gasteiger partial charge >= 0.3 is 0 Å². The third-order valence-corrected chi connectivity index (χ3v) is 4.73. The van der Waals surface area contributed by atoms with Gasteiger partial charge in [-0.25, -0.2) is 4.98 Å². The van der Waals surface area contributed by atoms with Gasteiger partial charge in [0, 0.05) is 21.8 Å². The molecule has 0 aliphatic heterocycles. The van der Waals surface area contributed by atoms with E-state index in [9.17, 15) is 4.79 Å². The Hall–Kier alpha value is -1.37. The fraction of sp³-hybridized carbons (Fsp3) is 0.333. The lowest BCUT2D eigenvalue weighted by molar-refractivity contribution is -0.117. The van der Waals surface area contributed by atoms with Crippen molar-refractivity contribution in [3.8, 4) is 11.3 Å². The summed E-state index contributed by atoms with van der Waals surface area (Å²) >= 11 is 3.16. The van der Waals surface area contributed by atoms with E-state index in [4.69, 9.17) is 0 Å². The topological polar surface area (TPSA) is 45.2 Å². The molecule has 1 aromatic heterocycles. The monoisotopic (exact) mass is 319 g/mol. The number of amides is 1. The van der Waals surface area contributed by atoms with Crippen molar-refractivity contribution in [2.75, 3.05) is 19.4 Å². The van der Waals surface area contributed by atoms with Gasteiger partial charge in [-0.15, -0.1) is 11.3 Å². The SMILES string of the molecule is CN(C)Sc1ccc(-c2csc(NC(=O)C3CC3)n2)cc1. The minimum absolute atomic E-state index is 0.105. The van der Waals surface area contributed by atoms with Crippen LogP contribution in [0.4, 0.5) is 5.13 Å². The summed E-state index contributed by atoms with van der Waals surface area (Å²) in [5.41, 5.74) is 1.98. The van der Waals surface area contributed by atoms with Crippen molar-refractivity contribution in [3.63, 3.8) is 0 Å². The second-order valence-electron chi connectivity index (χ2n) is 5.23. The molecule has 1 aliphatic rings. The Balaban J connectivity index is 1.68. The first-order valence-electron chi connectivity index (χ1n) is 6.84. The van der Waals surface area contributed by atoms with Crippen LogP contribution in [0.3, 0.4) is 0 Å². The van der Waals surface area contributed by atoms with E-state index < -0.39 is 0 Å². The summed E-state index contributed by atoms with van der Waals surface area (Å²) in [6, 6.07) is 8.30. The van der Waals surface area contributed by atoms with Crippen molar-refractivity contribution in [1.29, 1.82) is 0 Å². The summed E-state index contributed by atoms with van der Waals surface area (Å²) in [5, 5.41) is 5.56. The van der Waals surface area contributed by atoms with Gasteiger partial charge in [-0.05, 0) is 51.0 Å². The fourth-order valence-corrected chi connectivity index (χ4v) is 3.32. The Bertz CT molecular complexity index is 633. The third-order valence-electron chi connectivity index (χ3n) is 3.12. The summed E-state index contributed by atoms with van der Waals surface area (Å²) in [4.78, 5) is 17.4. The number of thiazole rings is 1. The highest BCUT2D eigenvalue weighted by Crippen LogP contribution is 2.32. The molecule has 2 aromatic rings. The van der Waals surface area contributed by atoms with E-state index in [1.165, 1.54) is 16.2 Å². The Morgan fingerprint density at radius 3 is 2.67 bits per heavy atom. The normalized spacial score (nSPS) is 14.4. The Morgan fingerprint density at radius 2 is 2.05 bits per heavy atom. The molecule has 1 aromatic carbocycles. The second-order valence-corrected chi connectivity index (χ2v) is 7.47. The minimum Gasteiger partial charge on any atom is -0.302 e. The lowest BCUT2D eigenvalue weighted by Gasteiger charge is -2.08. The highest BCUT2D eigenvalue weighted by Gasteiger charge is 2.30. The maximum Gasteiger partial charge on any atom is 0.229 e. The number of hydrogen-bond acceptors (Lipinski definition) is 5. The highest BCUT2D eigenvalue weighted by atomic mass is 32.2. The maximum atomic E-state index is 11.7. The lowest BCUT2D eigenvalue weighted by atomic mass is 10.2. The molecule has 0 atom stereocenters. The number of nitrogens with zero attached hydrogens (tertiary/aromatic N) is 2. The first-order chi connectivity index (χ1) is 10.1. The molecule has 3 rings (SSSR count). The van der Waals surface area contributed by atoms with Gasteiger partial charge < -0.3 is 5.32 Å². The number of hydrogen-bond donors (Lipinski definition) is 1. The molecule has 1 N–H and O–H groups in total. The quantitative estimate of drug-likeness (QED) is 0.853. The zero-order chi connectivity index (χ0) is 14.8. The number of aromatic nitrogens is 1. The third kappa shape index (κ3) is 3.84. The zero-order valence-electron chi connectivity index (χ0n) is 12.0. The van der Waals surface area contributed by atoms with E-state index in [-0.39, 0.29) is 11.8 Å². The number of anilines is 1. The molecular formula is C15H17N3OS2. The first kappa shape index (κ1) is 14.6. The molecule has 1 fully saturated rings. The minimum atomic E-state index is 0.105. The van der Waals surface area contributed by atoms with Crippen LogP contribution in [0.5, 0.6) is 0 Å². The average molecular weight is 319 g/mol. The molecule has 0 radical (unpaired) electrons. The molecule has 1 amide bonds. The molecule has 110 valence electrons. The fourth-order valence-electron chi connectivity index (χ4n) is 1.91. The van der Waals surface area contributed by atoms with Gasteiger partial charge in [0.05, 0.1) is 5.69 Å². The highest BCUT2D eigenvalue weighted by molar-refractivity contribution is 7.97. The van der Waals surface area contributed by atoms with Crippen molar-refractivity contribution in [3.05, 3.63) is 29.6 Å². The second kappa shape index (κ2) is 6.17. The first-order valence-corrected chi connectivity index (χ1v) is 8.49. The van der Waals surface area contributed by atoms with Gasteiger partial charge in [0.1, 0.15) is 0 Å². The summed E-state index contributed by atoms with van der Waals surface area (Å²) in [5.74, 6) is 0.313. The van der Waals surface area contributed by atoms with E-state index in [0.717, 1.165) is 24.1 Å². The standard InChI is InChI=1S/C15H17N3OS2/c1-18(2)21-12-7-5-10(6-8-12)13-9-20-15(16-13)17-14(19)11-3-4-11/h5-9,11H,3-4H2,1-2H3,(H,16,17,19). The summed E-state index contributed by atoms with van der Waals surface area (Å²) in [7, 11) is 4.04. The van der Waals surface area contributed by atoms with Crippen LogP contribution in [-0.2, 0) is 4.79 Å². The van der Waals surface area contributed by atoms with Crippen molar-refractivity contribution in [2.45, 2.75) is 17.7 Å². The molecule has 0 spiro atoms. The molecule has 6 heteroatoms. The molecule has 0 unspecified atom stereocenters. The molecule has 21 heavy (non-hydrogen) atoms. The smallest absolute Gasteiger partial charge is 0.229 e. The van der Waals surface area contributed by atoms with Crippen LogP contribution in [-0.4, -0.2) is 29.3 Å². The average Bonchev–Trinajstić information content (AvgIpc) is 3.20. The number of benzene rings is 1. The van der Waals surface area contributed by atoms with Crippen molar-refractivity contribution >= 4 is 34.3 Å². The van der Waals surface area contributed by atoms with Crippen LogP contribution >= 0.6 is 23.3 Å². The number of carbonyl (C=O) groups excluding carboxylic acids is 1. The molecule has 0 saturated heterocycles. The molecule has 4 nitrogen and oxygen atoms in total. The van der Waals surface area contributed by atoms with Crippen molar-refractivity contribution < 1.29 is 4.79 Å². The number of nitrogens with one attached hydrogen (secondary N) is 1. The Kier molecular flexibility index (Phi) is 4.28. The van der Waals surface area contributed by atoms with E-state index in [2.05, 4.69) is 38.9 Å². The van der Waals surface area contributed by atoms with Crippen LogP contribution in [0.25, 0.3) is 11.3 Å². The molecule has 1 heterocycles. The molecule has 1 aliphatic carbocycles. The van der Waals surface area contributed by atoms with E-state index in [1.54, 1.807) is 11.9 Å². The van der Waals surface area contributed by atoms with Crippen molar-refractivity contribution in [1.82, 2.24) is 9.29 Å². The van der Waals surface area contributed by atoms with Gasteiger partial charge in [-0.3, -0.25) is 9.10 Å².